The molecule has 0 spiro atoms. The molecule has 1 aromatic rings. The first-order valence-electron chi connectivity index (χ1n) is 4.04. The van der Waals surface area contributed by atoms with Crippen molar-refractivity contribution in [2.24, 2.45) is 5.92 Å². The molecule has 1 N–H and O–H groups in total. The second kappa shape index (κ2) is 4.62. The van der Waals surface area contributed by atoms with Gasteiger partial charge in [0.25, 0.3) is 0 Å². The molecule has 0 bridgehead atoms. The Balaban J connectivity index is 2.82. The van der Waals surface area contributed by atoms with E-state index in [9.17, 15) is 4.79 Å². The van der Waals surface area contributed by atoms with E-state index in [4.69, 9.17) is 28.3 Å². The highest BCUT2D eigenvalue weighted by Gasteiger charge is 2.14. The van der Waals surface area contributed by atoms with E-state index in [-0.39, 0.29) is 5.15 Å². The molecule has 0 aliphatic carbocycles. The molecule has 0 aromatic carbocycles. The predicted molar refractivity (Wildman–Crippen MR) is 54.8 cm³/mol. The molecule has 0 aliphatic heterocycles. The summed E-state index contributed by atoms with van der Waals surface area (Å²) in [7, 11) is 0. The van der Waals surface area contributed by atoms with E-state index >= 15 is 0 Å². The van der Waals surface area contributed by atoms with Crippen molar-refractivity contribution in [1.29, 1.82) is 0 Å². The van der Waals surface area contributed by atoms with Gasteiger partial charge in [0.15, 0.2) is 0 Å². The molecule has 5 heteroatoms. The van der Waals surface area contributed by atoms with Crippen molar-refractivity contribution in [1.82, 2.24) is 4.98 Å². The molecule has 0 amide bonds. The van der Waals surface area contributed by atoms with E-state index in [0.29, 0.717) is 17.1 Å². The smallest absolute Gasteiger partial charge is 0.306 e. The van der Waals surface area contributed by atoms with Crippen LogP contribution in [0.5, 0.6) is 0 Å². The van der Waals surface area contributed by atoms with Crippen molar-refractivity contribution in [2.45, 2.75) is 13.3 Å². The van der Waals surface area contributed by atoms with Crippen LogP contribution in [0.1, 0.15) is 12.5 Å². The lowest BCUT2D eigenvalue weighted by molar-refractivity contribution is -0.141. The van der Waals surface area contributed by atoms with E-state index in [1.807, 2.05) is 0 Å². The fourth-order valence-electron chi connectivity index (χ4n) is 1.01. The lowest BCUT2D eigenvalue weighted by Gasteiger charge is -2.07. The Morgan fingerprint density at radius 2 is 2.21 bits per heavy atom. The monoisotopic (exact) mass is 233 g/mol. The number of halogens is 2. The molecule has 0 saturated heterocycles. The van der Waals surface area contributed by atoms with Crippen LogP contribution in [0.15, 0.2) is 12.1 Å². The van der Waals surface area contributed by atoms with Crippen LogP contribution >= 0.6 is 23.2 Å². The lowest BCUT2D eigenvalue weighted by Crippen LogP contribution is -2.12. The minimum Gasteiger partial charge on any atom is -0.481 e. The largest absolute Gasteiger partial charge is 0.481 e. The number of aliphatic carboxylic acids is 1. The molecule has 0 saturated carbocycles. The Labute approximate surface area is 91.7 Å². The number of carbonyl (C=O) groups is 1. The molecule has 1 unspecified atom stereocenters. The van der Waals surface area contributed by atoms with E-state index in [0.717, 1.165) is 0 Å². The lowest BCUT2D eigenvalue weighted by atomic mass is 10.0. The zero-order chi connectivity index (χ0) is 10.7. The van der Waals surface area contributed by atoms with Gasteiger partial charge in [-0.25, -0.2) is 4.98 Å². The number of pyridine rings is 1. The van der Waals surface area contributed by atoms with Crippen LogP contribution in [0.4, 0.5) is 0 Å². The Morgan fingerprint density at radius 3 is 2.71 bits per heavy atom. The van der Waals surface area contributed by atoms with E-state index in [1.54, 1.807) is 19.1 Å². The van der Waals surface area contributed by atoms with Crippen molar-refractivity contribution in [3.8, 4) is 0 Å². The molecular weight excluding hydrogens is 225 g/mol. The van der Waals surface area contributed by atoms with Crippen LogP contribution in [0, 0.1) is 5.92 Å². The van der Waals surface area contributed by atoms with Crippen molar-refractivity contribution >= 4 is 29.2 Å². The first-order chi connectivity index (χ1) is 6.50. The summed E-state index contributed by atoms with van der Waals surface area (Å²) in [5, 5.41) is 9.28. The number of hydrogen-bond acceptors (Lipinski definition) is 2. The Kier molecular flexibility index (Phi) is 3.72. The average Bonchev–Trinajstić information content (AvgIpc) is 2.09. The maximum Gasteiger partial charge on any atom is 0.306 e. The van der Waals surface area contributed by atoms with Gasteiger partial charge in [0.05, 0.1) is 5.92 Å². The maximum absolute atomic E-state index is 10.6. The van der Waals surface area contributed by atoms with Crippen LogP contribution < -0.4 is 0 Å². The maximum atomic E-state index is 10.6. The topological polar surface area (TPSA) is 50.2 Å². The summed E-state index contributed by atoms with van der Waals surface area (Å²) in [6.07, 6.45) is 0.359. The third-order valence-corrected chi connectivity index (χ3v) is 2.38. The van der Waals surface area contributed by atoms with Gasteiger partial charge in [-0.2, -0.15) is 0 Å². The van der Waals surface area contributed by atoms with Gasteiger partial charge in [-0.05, 0) is 18.1 Å². The highest BCUT2D eigenvalue weighted by atomic mass is 35.5. The van der Waals surface area contributed by atoms with Crippen molar-refractivity contribution in [3.05, 3.63) is 28.0 Å². The summed E-state index contributed by atoms with van der Waals surface area (Å²) in [6.45, 7) is 1.62. The molecule has 3 nitrogen and oxygen atoms in total. The summed E-state index contributed by atoms with van der Waals surface area (Å²) in [4.78, 5) is 14.4. The number of carboxylic acids is 1. The highest BCUT2D eigenvalue weighted by Crippen LogP contribution is 2.19. The molecule has 1 heterocycles. The molecule has 0 fully saturated rings. The summed E-state index contributed by atoms with van der Waals surface area (Å²) < 4.78 is 0. The molecule has 1 rings (SSSR count). The number of hydrogen-bond donors (Lipinski definition) is 1. The Bertz CT molecular complexity index is 355. The normalized spacial score (nSPS) is 12.5. The summed E-state index contributed by atoms with van der Waals surface area (Å²) in [6, 6.07) is 3.29. The van der Waals surface area contributed by atoms with Crippen molar-refractivity contribution in [2.75, 3.05) is 0 Å². The SMILES string of the molecule is CC(Cc1ccc(Cl)nc1Cl)C(=O)O. The van der Waals surface area contributed by atoms with E-state index in [1.165, 1.54) is 0 Å². The average molecular weight is 234 g/mol. The molecule has 0 radical (unpaired) electrons. The van der Waals surface area contributed by atoms with Crippen LogP contribution in [-0.2, 0) is 11.2 Å². The third-order valence-electron chi connectivity index (χ3n) is 1.84. The summed E-state index contributed by atoms with van der Waals surface area (Å²) >= 11 is 11.4. The van der Waals surface area contributed by atoms with Crippen molar-refractivity contribution in [3.63, 3.8) is 0 Å². The molecular formula is C9H9Cl2NO2. The molecule has 1 aromatic heterocycles. The van der Waals surface area contributed by atoms with Crippen LogP contribution in [0.2, 0.25) is 10.3 Å². The van der Waals surface area contributed by atoms with Crippen LogP contribution in [0.25, 0.3) is 0 Å². The first kappa shape index (κ1) is 11.3. The van der Waals surface area contributed by atoms with Crippen molar-refractivity contribution < 1.29 is 9.90 Å². The van der Waals surface area contributed by atoms with Crippen LogP contribution in [0.3, 0.4) is 0 Å². The van der Waals surface area contributed by atoms with Gasteiger partial charge in [-0.1, -0.05) is 36.2 Å². The predicted octanol–water partition coefficient (Wildman–Crippen LogP) is 2.65. The standard InChI is InChI=1S/C9H9Cl2NO2/c1-5(9(13)14)4-6-2-3-7(10)12-8(6)11/h2-3,5H,4H2,1H3,(H,13,14). The zero-order valence-corrected chi connectivity index (χ0v) is 9.01. The van der Waals surface area contributed by atoms with Gasteiger partial charge in [0.2, 0.25) is 0 Å². The molecule has 1 atom stereocenters. The minimum atomic E-state index is -0.851. The Morgan fingerprint density at radius 1 is 1.57 bits per heavy atom. The molecule has 14 heavy (non-hydrogen) atoms. The second-order valence-electron chi connectivity index (χ2n) is 3.03. The van der Waals surface area contributed by atoms with E-state index < -0.39 is 11.9 Å². The molecule has 0 aliphatic rings. The van der Waals surface area contributed by atoms with Gasteiger partial charge in [0.1, 0.15) is 10.3 Å². The third kappa shape index (κ3) is 2.86. The number of aromatic nitrogens is 1. The number of nitrogens with zero attached hydrogens (tertiary/aromatic N) is 1. The zero-order valence-electron chi connectivity index (χ0n) is 7.50. The fourth-order valence-corrected chi connectivity index (χ4v) is 1.43. The Hall–Kier alpha value is -0.800. The van der Waals surface area contributed by atoms with Gasteiger partial charge in [0, 0.05) is 0 Å². The second-order valence-corrected chi connectivity index (χ2v) is 3.77. The van der Waals surface area contributed by atoms with Crippen LogP contribution in [-0.4, -0.2) is 16.1 Å². The van der Waals surface area contributed by atoms with Gasteiger partial charge in [-0.15, -0.1) is 0 Å². The van der Waals surface area contributed by atoms with Gasteiger partial charge < -0.3 is 5.11 Å². The summed E-state index contributed by atoms with van der Waals surface area (Å²) in [5.74, 6) is -1.33. The van der Waals surface area contributed by atoms with Gasteiger partial charge >= 0.3 is 5.97 Å². The fraction of sp³-hybridized carbons (Fsp3) is 0.333. The number of carboxylic acid groups (broad SMARTS) is 1. The van der Waals surface area contributed by atoms with Gasteiger partial charge in [-0.3, -0.25) is 4.79 Å². The van der Waals surface area contributed by atoms with E-state index in [2.05, 4.69) is 4.98 Å². The quantitative estimate of drug-likeness (QED) is 0.818. The first-order valence-corrected chi connectivity index (χ1v) is 4.80. The summed E-state index contributed by atoms with van der Waals surface area (Å²) in [5.41, 5.74) is 0.700. The highest BCUT2D eigenvalue weighted by molar-refractivity contribution is 6.32. The minimum absolute atomic E-state index is 0.269. The molecule has 76 valence electrons. The number of rotatable bonds is 3.